The van der Waals surface area contributed by atoms with Gasteiger partial charge in [0.15, 0.2) is 0 Å². The molecule has 0 bridgehead atoms. The summed E-state index contributed by atoms with van der Waals surface area (Å²) >= 11 is 0. The van der Waals surface area contributed by atoms with Crippen LogP contribution in [0, 0.1) is 5.41 Å². The van der Waals surface area contributed by atoms with Crippen molar-refractivity contribution in [2.24, 2.45) is 5.41 Å². The van der Waals surface area contributed by atoms with Gasteiger partial charge in [0.1, 0.15) is 0 Å². The molecular weight excluding hydrogens is 284 g/mol. The Labute approximate surface area is 127 Å². The first-order chi connectivity index (χ1) is 9.88. The van der Waals surface area contributed by atoms with Gasteiger partial charge < -0.3 is 5.32 Å². The zero-order valence-corrected chi connectivity index (χ0v) is 13.6. The van der Waals surface area contributed by atoms with Crippen molar-refractivity contribution in [2.75, 3.05) is 11.9 Å². The fourth-order valence-corrected chi connectivity index (χ4v) is 4.91. The third kappa shape index (κ3) is 2.94. The minimum Gasteiger partial charge on any atom is -0.384 e. The van der Waals surface area contributed by atoms with Gasteiger partial charge in [-0.3, -0.25) is 0 Å². The topological polar surface area (TPSA) is 58.2 Å². The highest BCUT2D eigenvalue weighted by atomic mass is 32.2. The molecule has 1 unspecified atom stereocenters. The Balaban J connectivity index is 1.83. The summed E-state index contributed by atoms with van der Waals surface area (Å²) in [6.45, 7) is 5.21. The normalized spacial score (nSPS) is 24.4. The molecule has 1 aromatic carbocycles. The average molecular weight is 308 g/mol. The molecule has 1 aromatic rings. The maximum Gasteiger partial charge on any atom is 0.240 e. The Bertz CT molecular complexity index is 638. The van der Waals surface area contributed by atoms with Crippen molar-refractivity contribution >= 4 is 15.7 Å². The fourth-order valence-electron chi connectivity index (χ4n) is 3.42. The van der Waals surface area contributed by atoms with E-state index in [-0.39, 0.29) is 11.5 Å². The lowest BCUT2D eigenvalue weighted by Gasteiger charge is -2.38. The van der Waals surface area contributed by atoms with Gasteiger partial charge in [-0.1, -0.05) is 26.7 Å². The number of benzene rings is 1. The van der Waals surface area contributed by atoms with Crippen LogP contribution in [-0.2, 0) is 16.4 Å². The molecule has 3 rings (SSSR count). The summed E-state index contributed by atoms with van der Waals surface area (Å²) in [6, 6.07) is 5.42. The van der Waals surface area contributed by atoms with Crippen LogP contribution >= 0.6 is 0 Å². The van der Waals surface area contributed by atoms with E-state index in [0.29, 0.717) is 4.90 Å². The Morgan fingerprint density at radius 3 is 2.86 bits per heavy atom. The highest BCUT2D eigenvalue weighted by Gasteiger charge is 2.35. The maximum atomic E-state index is 12.7. The first-order valence-electron chi connectivity index (χ1n) is 7.78. The second kappa shape index (κ2) is 5.29. The molecule has 1 aliphatic heterocycles. The van der Waals surface area contributed by atoms with Crippen LogP contribution in [0.2, 0.25) is 0 Å². The first-order valence-corrected chi connectivity index (χ1v) is 9.26. The van der Waals surface area contributed by atoms with Crippen molar-refractivity contribution in [3.8, 4) is 0 Å². The number of hydrogen-bond acceptors (Lipinski definition) is 3. The van der Waals surface area contributed by atoms with E-state index < -0.39 is 10.0 Å². The molecule has 4 nitrogen and oxygen atoms in total. The van der Waals surface area contributed by atoms with Crippen molar-refractivity contribution in [3.05, 3.63) is 23.8 Å². The Hall–Kier alpha value is -1.07. The number of nitrogens with one attached hydrogen (secondary N) is 2. The Morgan fingerprint density at radius 1 is 1.29 bits per heavy atom. The number of hydrogen-bond donors (Lipinski definition) is 2. The third-order valence-corrected chi connectivity index (χ3v) is 6.37. The molecule has 2 N–H and O–H groups in total. The quantitative estimate of drug-likeness (QED) is 0.902. The van der Waals surface area contributed by atoms with Gasteiger partial charge in [-0.15, -0.1) is 0 Å². The summed E-state index contributed by atoms with van der Waals surface area (Å²) in [6.07, 6.45) is 5.20. The van der Waals surface area contributed by atoms with Crippen molar-refractivity contribution < 1.29 is 8.42 Å². The molecule has 21 heavy (non-hydrogen) atoms. The second-order valence-electron chi connectivity index (χ2n) is 6.90. The molecule has 0 saturated heterocycles. The summed E-state index contributed by atoms with van der Waals surface area (Å²) in [5.41, 5.74) is 2.19. The third-order valence-electron chi connectivity index (χ3n) is 4.90. The summed E-state index contributed by atoms with van der Waals surface area (Å²) in [5, 5.41) is 3.26. The maximum absolute atomic E-state index is 12.7. The van der Waals surface area contributed by atoms with Crippen molar-refractivity contribution in [2.45, 2.75) is 56.9 Å². The van der Waals surface area contributed by atoms with Gasteiger partial charge in [0.25, 0.3) is 0 Å². The fraction of sp³-hybridized carbons (Fsp3) is 0.625. The van der Waals surface area contributed by atoms with Crippen LogP contribution in [0.25, 0.3) is 0 Å². The summed E-state index contributed by atoms with van der Waals surface area (Å²) in [5.74, 6) is 0. The van der Waals surface area contributed by atoms with Crippen LogP contribution in [-0.4, -0.2) is 21.0 Å². The molecule has 1 saturated carbocycles. The van der Waals surface area contributed by atoms with Gasteiger partial charge in [0.05, 0.1) is 4.90 Å². The van der Waals surface area contributed by atoms with E-state index in [1.807, 2.05) is 12.1 Å². The number of fused-ring (bicyclic) bond motifs is 1. The molecular formula is C16H24N2O2S. The zero-order valence-electron chi connectivity index (χ0n) is 12.8. The highest BCUT2D eigenvalue weighted by Crippen LogP contribution is 2.36. The van der Waals surface area contributed by atoms with E-state index >= 15 is 0 Å². The zero-order chi connectivity index (χ0) is 15.1. The van der Waals surface area contributed by atoms with E-state index in [9.17, 15) is 8.42 Å². The SMILES string of the molecule is CC1(C)CCCCC1NS(=O)(=O)c1ccc2c(c1)CCN2. The summed E-state index contributed by atoms with van der Waals surface area (Å²) in [4.78, 5) is 0.395. The van der Waals surface area contributed by atoms with Crippen LogP contribution in [0.4, 0.5) is 5.69 Å². The molecule has 5 heteroatoms. The standard InChI is InChI=1S/C16H24N2O2S/c1-16(2)9-4-3-5-15(16)18-21(19,20)13-6-7-14-12(11-13)8-10-17-14/h6-7,11,15,17-18H,3-5,8-10H2,1-2H3. The predicted molar refractivity (Wildman–Crippen MR) is 85.0 cm³/mol. The van der Waals surface area contributed by atoms with E-state index in [2.05, 4.69) is 23.9 Å². The van der Waals surface area contributed by atoms with Crippen LogP contribution in [0.15, 0.2) is 23.1 Å². The molecule has 1 fully saturated rings. The molecule has 1 atom stereocenters. The van der Waals surface area contributed by atoms with E-state index in [1.54, 1.807) is 6.07 Å². The molecule has 2 aliphatic rings. The second-order valence-corrected chi connectivity index (χ2v) is 8.62. The number of sulfonamides is 1. The lowest BCUT2D eigenvalue weighted by molar-refractivity contribution is 0.188. The van der Waals surface area contributed by atoms with E-state index in [1.165, 1.54) is 6.42 Å². The minimum atomic E-state index is -3.43. The first kappa shape index (κ1) is 14.9. The van der Waals surface area contributed by atoms with Crippen LogP contribution in [0.5, 0.6) is 0 Å². The number of anilines is 1. The molecule has 0 aromatic heterocycles. The van der Waals surface area contributed by atoms with Crippen molar-refractivity contribution in [1.29, 1.82) is 0 Å². The van der Waals surface area contributed by atoms with E-state index in [0.717, 1.165) is 43.5 Å². The molecule has 0 amide bonds. The lowest BCUT2D eigenvalue weighted by Crippen LogP contribution is -2.46. The lowest BCUT2D eigenvalue weighted by atomic mass is 9.74. The summed E-state index contributed by atoms with van der Waals surface area (Å²) in [7, 11) is -3.43. The average Bonchev–Trinajstić information content (AvgIpc) is 2.88. The van der Waals surface area contributed by atoms with Gasteiger partial charge in [0.2, 0.25) is 10.0 Å². The van der Waals surface area contributed by atoms with Crippen LogP contribution in [0.3, 0.4) is 0 Å². The Morgan fingerprint density at radius 2 is 2.10 bits per heavy atom. The van der Waals surface area contributed by atoms with Gasteiger partial charge in [-0.25, -0.2) is 13.1 Å². The predicted octanol–water partition coefficient (Wildman–Crippen LogP) is 2.90. The molecule has 116 valence electrons. The molecule has 1 aliphatic carbocycles. The van der Waals surface area contributed by atoms with Crippen LogP contribution < -0.4 is 10.0 Å². The van der Waals surface area contributed by atoms with Gasteiger partial charge in [-0.2, -0.15) is 0 Å². The molecule has 0 spiro atoms. The van der Waals surface area contributed by atoms with E-state index in [4.69, 9.17) is 0 Å². The van der Waals surface area contributed by atoms with Gasteiger partial charge >= 0.3 is 0 Å². The molecule has 1 heterocycles. The largest absolute Gasteiger partial charge is 0.384 e. The van der Waals surface area contributed by atoms with Crippen LogP contribution in [0.1, 0.15) is 45.1 Å². The Kier molecular flexibility index (Phi) is 3.74. The smallest absolute Gasteiger partial charge is 0.240 e. The monoisotopic (exact) mass is 308 g/mol. The summed E-state index contributed by atoms with van der Waals surface area (Å²) < 4.78 is 28.3. The van der Waals surface area contributed by atoms with Crippen molar-refractivity contribution in [3.63, 3.8) is 0 Å². The minimum absolute atomic E-state index is 0.0302. The van der Waals surface area contributed by atoms with Gasteiger partial charge in [0, 0.05) is 18.3 Å². The highest BCUT2D eigenvalue weighted by molar-refractivity contribution is 7.89. The van der Waals surface area contributed by atoms with Gasteiger partial charge in [-0.05, 0) is 48.4 Å². The molecule has 0 radical (unpaired) electrons. The number of rotatable bonds is 3. The van der Waals surface area contributed by atoms with Crippen molar-refractivity contribution in [1.82, 2.24) is 4.72 Å².